The van der Waals surface area contributed by atoms with Gasteiger partial charge in [-0.2, -0.15) is 0 Å². The second kappa shape index (κ2) is 7.60. The first-order valence-electron chi connectivity index (χ1n) is 5.78. The van der Waals surface area contributed by atoms with E-state index in [1.54, 1.807) is 0 Å². The lowest BCUT2D eigenvalue weighted by Crippen LogP contribution is -2.36. The van der Waals surface area contributed by atoms with Crippen LogP contribution in [0, 0.1) is 0 Å². The van der Waals surface area contributed by atoms with Crippen molar-refractivity contribution in [3.8, 4) is 0 Å². The molecule has 1 heterocycles. The summed E-state index contributed by atoms with van der Waals surface area (Å²) in [5.74, 6) is -0.213. The van der Waals surface area contributed by atoms with E-state index < -0.39 is 0 Å². The van der Waals surface area contributed by atoms with Crippen LogP contribution in [0.25, 0.3) is 0 Å². The first kappa shape index (κ1) is 13.4. The summed E-state index contributed by atoms with van der Waals surface area (Å²) >= 11 is 0. The van der Waals surface area contributed by atoms with E-state index in [0.717, 1.165) is 26.0 Å². The van der Waals surface area contributed by atoms with Crippen LogP contribution in [0.1, 0.15) is 19.3 Å². The zero-order valence-corrected chi connectivity index (χ0v) is 9.85. The molecule has 5 heteroatoms. The van der Waals surface area contributed by atoms with Gasteiger partial charge in [0.2, 0.25) is 0 Å². The normalized spacial score (nSPS) is 20.3. The second-order valence-corrected chi connectivity index (χ2v) is 3.99. The molecule has 1 atom stereocenters. The molecule has 0 aromatic carbocycles. The molecule has 1 unspecified atom stereocenters. The molecule has 16 heavy (non-hydrogen) atoms. The lowest BCUT2D eigenvalue weighted by atomic mass is 10.2. The summed E-state index contributed by atoms with van der Waals surface area (Å²) in [7, 11) is 1.39. The van der Waals surface area contributed by atoms with E-state index in [1.807, 2.05) is 4.90 Å². The van der Waals surface area contributed by atoms with E-state index in [1.165, 1.54) is 7.11 Å². The molecular formula is C11H21NO4. The van der Waals surface area contributed by atoms with Gasteiger partial charge in [0.05, 0.1) is 26.2 Å². The van der Waals surface area contributed by atoms with Crippen LogP contribution < -0.4 is 0 Å². The Balaban J connectivity index is 2.25. The quantitative estimate of drug-likeness (QED) is 0.626. The zero-order chi connectivity index (χ0) is 11.8. The highest BCUT2D eigenvalue weighted by Gasteiger charge is 2.19. The Bertz CT molecular complexity index is 204. The third kappa shape index (κ3) is 4.92. The second-order valence-electron chi connectivity index (χ2n) is 3.99. The number of ether oxygens (including phenoxy) is 2. The fourth-order valence-corrected chi connectivity index (χ4v) is 1.86. The van der Waals surface area contributed by atoms with Crippen molar-refractivity contribution in [1.82, 2.24) is 4.90 Å². The predicted molar refractivity (Wildman–Crippen MR) is 59.1 cm³/mol. The number of methoxy groups -OCH3 is 1. The van der Waals surface area contributed by atoms with E-state index in [2.05, 4.69) is 4.74 Å². The number of aliphatic hydroxyl groups excluding tert-OH is 1. The molecule has 1 aliphatic heterocycles. The molecule has 0 bridgehead atoms. The fraction of sp³-hybridized carbons (Fsp3) is 0.909. The minimum absolute atomic E-state index is 0.105. The predicted octanol–water partition coefficient (Wildman–Crippen LogP) is 0.0228. The molecule has 1 saturated heterocycles. The summed E-state index contributed by atoms with van der Waals surface area (Å²) in [5, 5.41) is 8.93. The summed E-state index contributed by atoms with van der Waals surface area (Å²) in [6.07, 6.45) is 2.79. The Labute approximate surface area is 96.3 Å². The summed E-state index contributed by atoms with van der Waals surface area (Å²) in [4.78, 5) is 13.1. The van der Waals surface area contributed by atoms with Crippen molar-refractivity contribution in [3.63, 3.8) is 0 Å². The van der Waals surface area contributed by atoms with Crippen LogP contribution in [0.2, 0.25) is 0 Å². The standard InChI is InChI=1S/C11H21NO4/c1-15-11(14)4-5-12(6-7-13)9-10-3-2-8-16-10/h10,13H,2-9H2,1H3. The van der Waals surface area contributed by atoms with Crippen LogP contribution in [0.15, 0.2) is 0 Å². The van der Waals surface area contributed by atoms with Crippen LogP contribution in [0.3, 0.4) is 0 Å². The Hall–Kier alpha value is -0.650. The van der Waals surface area contributed by atoms with E-state index in [9.17, 15) is 4.79 Å². The number of rotatable bonds is 7. The lowest BCUT2D eigenvalue weighted by molar-refractivity contribution is -0.141. The lowest BCUT2D eigenvalue weighted by Gasteiger charge is -2.23. The van der Waals surface area contributed by atoms with Gasteiger partial charge in [0.15, 0.2) is 0 Å². The molecule has 1 aliphatic rings. The number of carbonyl (C=O) groups excluding carboxylic acids is 1. The molecule has 5 nitrogen and oxygen atoms in total. The highest BCUT2D eigenvalue weighted by molar-refractivity contribution is 5.69. The molecule has 0 amide bonds. The van der Waals surface area contributed by atoms with Crippen LogP contribution in [-0.4, -0.2) is 62.0 Å². The Morgan fingerprint density at radius 1 is 1.56 bits per heavy atom. The third-order valence-electron chi connectivity index (χ3n) is 2.76. The van der Waals surface area contributed by atoms with E-state index in [-0.39, 0.29) is 18.7 Å². The minimum atomic E-state index is -0.213. The summed E-state index contributed by atoms with van der Waals surface area (Å²) in [5.41, 5.74) is 0. The third-order valence-corrected chi connectivity index (χ3v) is 2.76. The van der Waals surface area contributed by atoms with Crippen LogP contribution >= 0.6 is 0 Å². The van der Waals surface area contributed by atoms with Crippen LogP contribution in [-0.2, 0) is 14.3 Å². The van der Waals surface area contributed by atoms with Gasteiger partial charge in [-0.3, -0.25) is 9.69 Å². The zero-order valence-electron chi connectivity index (χ0n) is 9.85. The van der Waals surface area contributed by atoms with Gasteiger partial charge >= 0.3 is 5.97 Å². The molecule has 0 spiro atoms. The molecular weight excluding hydrogens is 210 g/mol. The number of nitrogens with zero attached hydrogens (tertiary/aromatic N) is 1. The molecule has 1 N–H and O–H groups in total. The Kier molecular flexibility index (Phi) is 6.37. The van der Waals surface area contributed by atoms with Gasteiger partial charge < -0.3 is 14.6 Å². The number of hydrogen-bond acceptors (Lipinski definition) is 5. The SMILES string of the molecule is COC(=O)CCN(CCO)CC1CCCO1. The topological polar surface area (TPSA) is 59.0 Å². The smallest absolute Gasteiger partial charge is 0.306 e. The molecule has 0 aliphatic carbocycles. The van der Waals surface area contributed by atoms with Crippen molar-refractivity contribution >= 4 is 5.97 Å². The van der Waals surface area contributed by atoms with Gasteiger partial charge in [-0.25, -0.2) is 0 Å². The first-order valence-corrected chi connectivity index (χ1v) is 5.78. The summed E-state index contributed by atoms with van der Waals surface area (Å²) in [6.45, 7) is 2.92. The molecule has 0 aromatic heterocycles. The largest absolute Gasteiger partial charge is 0.469 e. The maximum Gasteiger partial charge on any atom is 0.306 e. The van der Waals surface area contributed by atoms with E-state index in [0.29, 0.717) is 19.5 Å². The molecule has 1 rings (SSSR count). The highest BCUT2D eigenvalue weighted by atomic mass is 16.5. The maximum absolute atomic E-state index is 11.0. The molecule has 0 saturated carbocycles. The average Bonchev–Trinajstić information content (AvgIpc) is 2.78. The molecule has 0 radical (unpaired) electrons. The van der Waals surface area contributed by atoms with Crippen molar-refractivity contribution in [3.05, 3.63) is 0 Å². The Morgan fingerprint density at radius 2 is 2.38 bits per heavy atom. The van der Waals surface area contributed by atoms with Crippen molar-refractivity contribution < 1.29 is 19.4 Å². The molecule has 1 fully saturated rings. The van der Waals surface area contributed by atoms with Gasteiger partial charge in [0.25, 0.3) is 0 Å². The number of hydrogen-bond donors (Lipinski definition) is 1. The van der Waals surface area contributed by atoms with Gasteiger partial charge in [0, 0.05) is 26.2 Å². The average molecular weight is 231 g/mol. The molecule has 0 aromatic rings. The van der Waals surface area contributed by atoms with E-state index in [4.69, 9.17) is 9.84 Å². The highest BCUT2D eigenvalue weighted by Crippen LogP contribution is 2.13. The van der Waals surface area contributed by atoms with Gasteiger partial charge in [0.1, 0.15) is 0 Å². The maximum atomic E-state index is 11.0. The Morgan fingerprint density at radius 3 is 2.94 bits per heavy atom. The number of esters is 1. The summed E-state index contributed by atoms with van der Waals surface area (Å²) in [6, 6.07) is 0. The van der Waals surface area contributed by atoms with Gasteiger partial charge in [-0.1, -0.05) is 0 Å². The van der Waals surface area contributed by atoms with Crippen molar-refractivity contribution in [2.45, 2.75) is 25.4 Å². The monoisotopic (exact) mass is 231 g/mol. The minimum Gasteiger partial charge on any atom is -0.469 e. The molecule has 94 valence electrons. The first-order chi connectivity index (χ1) is 7.76. The number of aliphatic hydroxyl groups is 1. The van der Waals surface area contributed by atoms with Crippen molar-refractivity contribution in [2.75, 3.05) is 40.0 Å². The van der Waals surface area contributed by atoms with Gasteiger partial charge in [-0.15, -0.1) is 0 Å². The summed E-state index contributed by atoms with van der Waals surface area (Å²) < 4.78 is 10.1. The van der Waals surface area contributed by atoms with Crippen LogP contribution in [0.4, 0.5) is 0 Å². The fourth-order valence-electron chi connectivity index (χ4n) is 1.86. The number of carbonyl (C=O) groups is 1. The van der Waals surface area contributed by atoms with E-state index >= 15 is 0 Å². The van der Waals surface area contributed by atoms with Crippen molar-refractivity contribution in [1.29, 1.82) is 0 Å². The van der Waals surface area contributed by atoms with Crippen molar-refractivity contribution in [2.24, 2.45) is 0 Å². The van der Waals surface area contributed by atoms with Crippen LogP contribution in [0.5, 0.6) is 0 Å². The van der Waals surface area contributed by atoms with Gasteiger partial charge in [-0.05, 0) is 12.8 Å².